The molecule has 0 aliphatic carbocycles. The lowest BCUT2D eigenvalue weighted by molar-refractivity contribution is 0.0402. The predicted molar refractivity (Wildman–Crippen MR) is 69.0 cm³/mol. The summed E-state index contributed by atoms with van der Waals surface area (Å²) >= 11 is 0. The second-order valence-corrected chi connectivity index (χ2v) is 4.63. The second-order valence-electron chi connectivity index (χ2n) is 4.63. The van der Waals surface area contributed by atoms with Crippen molar-refractivity contribution in [3.8, 4) is 5.75 Å². The highest BCUT2D eigenvalue weighted by molar-refractivity contribution is 6.02. The summed E-state index contributed by atoms with van der Waals surface area (Å²) in [4.78, 5) is 12.4. The van der Waals surface area contributed by atoms with E-state index in [9.17, 15) is 4.79 Å². The van der Waals surface area contributed by atoms with Gasteiger partial charge in [-0.1, -0.05) is 11.6 Å². The van der Waals surface area contributed by atoms with Crippen LogP contribution in [0.5, 0.6) is 5.75 Å². The summed E-state index contributed by atoms with van der Waals surface area (Å²) in [6.07, 6.45) is 1.21. The molecule has 1 fully saturated rings. The van der Waals surface area contributed by atoms with Gasteiger partial charge in [0.2, 0.25) is 0 Å². The van der Waals surface area contributed by atoms with Crippen molar-refractivity contribution in [2.75, 3.05) is 13.7 Å². The summed E-state index contributed by atoms with van der Waals surface area (Å²) in [5.74, 6) is 0.594. The van der Waals surface area contributed by atoms with Gasteiger partial charge in [0.1, 0.15) is 11.9 Å². The van der Waals surface area contributed by atoms with Crippen molar-refractivity contribution < 1.29 is 14.3 Å². The van der Waals surface area contributed by atoms with E-state index in [1.807, 2.05) is 25.1 Å². The van der Waals surface area contributed by atoms with E-state index in [2.05, 4.69) is 0 Å². The third kappa shape index (κ3) is 2.54. The number of methoxy groups -OCH3 is 1. The summed E-state index contributed by atoms with van der Waals surface area (Å²) in [6.45, 7) is 2.42. The Labute approximate surface area is 107 Å². The van der Waals surface area contributed by atoms with Crippen molar-refractivity contribution in [3.63, 3.8) is 0 Å². The summed E-state index contributed by atoms with van der Waals surface area (Å²) in [5, 5.41) is 0. The van der Waals surface area contributed by atoms with Crippen molar-refractivity contribution >= 4 is 5.78 Å². The van der Waals surface area contributed by atoms with Crippen LogP contribution in [0.3, 0.4) is 0 Å². The van der Waals surface area contributed by atoms with Crippen molar-refractivity contribution in [2.24, 2.45) is 5.73 Å². The minimum atomic E-state index is -0.380. The standard InChI is InChI=1S/C14H19NO3/c1-9-3-5-12(17-2)11(7-9)14(16)13-6-4-10(8-15)18-13/h3,5,7,10,13H,4,6,8,15H2,1-2H3. The van der Waals surface area contributed by atoms with Crippen LogP contribution < -0.4 is 10.5 Å². The van der Waals surface area contributed by atoms with E-state index in [-0.39, 0.29) is 18.0 Å². The number of aryl methyl sites for hydroxylation is 1. The first-order valence-corrected chi connectivity index (χ1v) is 6.20. The first kappa shape index (κ1) is 13.1. The Balaban J connectivity index is 2.21. The first-order valence-electron chi connectivity index (χ1n) is 6.20. The molecule has 0 spiro atoms. The Morgan fingerprint density at radius 3 is 2.89 bits per heavy atom. The molecule has 0 bridgehead atoms. The number of carbonyl (C=O) groups is 1. The normalized spacial score (nSPS) is 23.1. The van der Waals surface area contributed by atoms with Gasteiger partial charge in [-0.2, -0.15) is 0 Å². The minimum Gasteiger partial charge on any atom is -0.496 e. The van der Waals surface area contributed by atoms with E-state index in [0.29, 0.717) is 17.9 Å². The number of benzene rings is 1. The van der Waals surface area contributed by atoms with Gasteiger partial charge in [-0.15, -0.1) is 0 Å². The van der Waals surface area contributed by atoms with Gasteiger partial charge in [-0.05, 0) is 31.9 Å². The van der Waals surface area contributed by atoms with E-state index >= 15 is 0 Å². The fourth-order valence-corrected chi connectivity index (χ4v) is 2.26. The fraction of sp³-hybridized carbons (Fsp3) is 0.500. The summed E-state index contributed by atoms with van der Waals surface area (Å²) < 4.78 is 10.9. The first-order chi connectivity index (χ1) is 8.65. The maximum Gasteiger partial charge on any atom is 0.195 e. The second kappa shape index (κ2) is 5.50. The average molecular weight is 249 g/mol. The SMILES string of the molecule is COc1ccc(C)cc1C(=O)C1CCC(CN)O1. The quantitative estimate of drug-likeness (QED) is 0.825. The molecule has 2 rings (SSSR count). The lowest BCUT2D eigenvalue weighted by atomic mass is 10.0. The Bertz CT molecular complexity index is 445. The number of nitrogens with two attached hydrogens (primary N) is 1. The lowest BCUT2D eigenvalue weighted by Gasteiger charge is -2.14. The maximum absolute atomic E-state index is 12.4. The van der Waals surface area contributed by atoms with Crippen LogP contribution in [0.4, 0.5) is 0 Å². The molecule has 0 radical (unpaired) electrons. The van der Waals surface area contributed by atoms with Gasteiger partial charge in [0, 0.05) is 6.54 Å². The molecule has 4 heteroatoms. The van der Waals surface area contributed by atoms with E-state index in [1.165, 1.54) is 0 Å². The van der Waals surface area contributed by atoms with Gasteiger partial charge < -0.3 is 15.2 Å². The molecule has 1 saturated heterocycles. The van der Waals surface area contributed by atoms with E-state index in [0.717, 1.165) is 18.4 Å². The molecule has 0 amide bonds. The summed E-state index contributed by atoms with van der Waals surface area (Å²) in [6, 6.07) is 5.59. The fourth-order valence-electron chi connectivity index (χ4n) is 2.26. The molecule has 18 heavy (non-hydrogen) atoms. The van der Waals surface area contributed by atoms with Gasteiger partial charge in [0.05, 0.1) is 18.8 Å². The highest BCUT2D eigenvalue weighted by atomic mass is 16.5. The third-order valence-electron chi connectivity index (χ3n) is 3.28. The molecule has 98 valence electrons. The molecule has 0 saturated carbocycles. The Kier molecular flexibility index (Phi) is 3.99. The molecule has 1 aliphatic rings. The van der Waals surface area contributed by atoms with Gasteiger partial charge >= 0.3 is 0 Å². The van der Waals surface area contributed by atoms with Gasteiger partial charge in [-0.25, -0.2) is 0 Å². The number of Topliss-reactive ketones (excluding diaryl/α,β-unsaturated/α-hetero) is 1. The molecule has 2 unspecified atom stereocenters. The monoisotopic (exact) mass is 249 g/mol. The minimum absolute atomic E-state index is 0.00787. The van der Waals surface area contributed by atoms with Crippen LogP contribution in [-0.4, -0.2) is 31.6 Å². The zero-order valence-corrected chi connectivity index (χ0v) is 10.8. The topological polar surface area (TPSA) is 61.5 Å². The number of ether oxygens (including phenoxy) is 2. The molecule has 2 N–H and O–H groups in total. The zero-order chi connectivity index (χ0) is 13.1. The van der Waals surface area contributed by atoms with Crippen LogP contribution in [0.2, 0.25) is 0 Å². The average Bonchev–Trinajstić information content (AvgIpc) is 2.86. The summed E-state index contributed by atoms with van der Waals surface area (Å²) in [7, 11) is 1.57. The van der Waals surface area contributed by atoms with E-state index in [4.69, 9.17) is 15.2 Å². The molecular formula is C14H19NO3. The number of hydrogen-bond acceptors (Lipinski definition) is 4. The number of ketones is 1. The van der Waals surface area contributed by atoms with Crippen LogP contribution in [-0.2, 0) is 4.74 Å². The number of rotatable bonds is 4. The molecule has 1 aromatic carbocycles. The largest absolute Gasteiger partial charge is 0.496 e. The lowest BCUT2D eigenvalue weighted by Crippen LogP contribution is -2.25. The van der Waals surface area contributed by atoms with Crippen LogP contribution in [0.1, 0.15) is 28.8 Å². The summed E-state index contributed by atoms with van der Waals surface area (Å²) in [5.41, 5.74) is 7.19. The van der Waals surface area contributed by atoms with Crippen LogP contribution in [0, 0.1) is 6.92 Å². The van der Waals surface area contributed by atoms with Gasteiger partial charge in [-0.3, -0.25) is 4.79 Å². The Morgan fingerprint density at radius 2 is 2.28 bits per heavy atom. The third-order valence-corrected chi connectivity index (χ3v) is 3.28. The van der Waals surface area contributed by atoms with Crippen LogP contribution in [0.15, 0.2) is 18.2 Å². The van der Waals surface area contributed by atoms with E-state index in [1.54, 1.807) is 7.11 Å². The molecule has 1 aliphatic heterocycles. The maximum atomic E-state index is 12.4. The van der Waals surface area contributed by atoms with Gasteiger partial charge in [0.15, 0.2) is 5.78 Å². The smallest absolute Gasteiger partial charge is 0.195 e. The zero-order valence-electron chi connectivity index (χ0n) is 10.8. The van der Waals surface area contributed by atoms with Crippen molar-refractivity contribution in [1.29, 1.82) is 0 Å². The highest BCUT2D eigenvalue weighted by Crippen LogP contribution is 2.27. The van der Waals surface area contributed by atoms with Crippen molar-refractivity contribution in [3.05, 3.63) is 29.3 Å². The molecular weight excluding hydrogens is 230 g/mol. The van der Waals surface area contributed by atoms with Gasteiger partial charge in [0.25, 0.3) is 0 Å². The molecule has 2 atom stereocenters. The highest BCUT2D eigenvalue weighted by Gasteiger charge is 2.31. The Morgan fingerprint density at radius 1 is 1.50 bits per heavy atom. The van der Waals surface area contributed by atoms with E-state index < -0.39 is 0 Å². The van der Waals surface area contributed by atoms with Crippen LogP contribution >= 0.6 is 0 Å². The number of hydrogen-bond donors (Lipinski definition) is 1. The van der Waals surface area contributed by atoms with Crippen LogP contribution in [0.25, 0.3) is 0 Å². The molecule has 0 aromatic heterocycles. The molecule has 4 nitrogen and oxygen atoms in total. The molecule has 1 aromatic rings. The van der Waals surface area contributed by atoms with Crippen molar-refractivity contribution in [1.82, 2.24) is 0 Å². The molecule has 1 heterocycles. The predicted octanol–water partition coefficient (Wildman–Crippen LogP) is 1.69. The van der Waals surface area contributed by atoms with Crippen molar-refractivity contribution in [2.45, 2.75) is 32.0 Å². The Hall–Kier alpha value is -1.39. The number of carbonyl (C=O) groups excluding carboxylic acids is 1.